The number of likely N-dealkylation sites (tertiary alicyclic amines) is 1. The molecule has 0 aliphatic carbocycles. The Balaban J connectivity index is 1.74. The van der Waals surface area contributed by atoms with E-state index in [0.29, 0.717) is 32.6 Å². The summed E-state index contributed by atoms with van der Waals surface area (Å²) < 4.78 is 1.73. The summed E-state index contributed by atoms with van der Waals surface area (Å²) in [5.41, 5.74) is 0. The number of carbonyl (C=O) groups is 2. The molecule has 1 atom stereocenters. The molecule has 0 aromatic carbocycles. The molecule has 1 saturated heterocycles. The van der Waals surface area contributed by atoms with E-state index in [4.69, 9.17) is 5.11 Å². The summed E-state index contributed by atoms with van der Waals surface area (Å²) in [6.07, 6.45) is 4.90. The molecule has 0 spiro atoms. The lowest BCUT2D eigenvalue weighted by Crippen LogP contribution is -2.47. The van der Waals surface area contributed by atoms with Crippen LogP contribution in [0.25, 0.3) is 0 Å². The van der Waals surface area contributed by atoms with Gasteiger partial charge >= 0.3 is 12.0 Å². The van der Waals surface area contributed by atoms with Gasteiger partial charge in [0.1, 0.15) is 0 Å². The number of aliphatic carboxylic acids is 1. The fraction of sp³-hybridized carbons (Fsp3) is 0.583. The van der Waals surface area contributed by atoms with E-state index in [1.165, 1.54) is 0 Å². The first-order valence-electron chi connectivity index (χ1n) is 6.40. The molecule has 2 heterocycles. The van der Waals surface area contributed by atoms with Gasteiger partial charge in [0.25, 0.3) is 0 Å². The van der Waals surface area contributed by atoms with Gasteiger partial charge in [0.15, 0.2) is 0 Å². The van der Waals surface area contributed by atoms with Crippen molar-refractivity contribution in [3.8, 4) is 0 Å². The summed E-state index contributed by atoms with van der Waals surface area (Å²) in [6.45, 7) is 2.00. The van der Waals surface area contributed by atoms with Crippen LogP contribution in [0.2, 0.25) is 0 Å². The third kappa shape index (κ3) is 3.70. The van der Waals surface area contributed by atoms with Crippen LogP contribution in [0, 0.1) is 5.92 Å². The van der Waals surface area contributed by atoms with E-state index in [0.717, 1.165) is 6.42 Å². The highest BCUT2D eigenvalue weighted by atomic mass is 16.4. The minimum atomic E-state index is -0.825. The first-order valence-corrected chi connectivity index (χ1v) is 6.40. The Morgan fingerprint density at radius 2 is 2.32 bits per heavy atom. The lowest BCUT2D eigenvalue weighted by atomic mass is 9.99. The van der Waals surface area contributed by atoms with Gasteiger partial charge in [0.2, 0.25) is 0 Å². The number of hydrogen-bond acceptors (Lipinski definition) is 3. The van der Waals surface area contributed by atoms with Crippen molar-refractivity contribution >= 4 is 12.0 Å². The largest absolute Gasteiger partial charge is 0.481 e. The van der Waals surface area contributed by atoms with Crippen LogP contribution < -0.4 is 5.32 Å². The predicted octanol–water partition coefficient (Wildman–Crippen LogP) is 0.389. The minimum absolute atomic E-state index is 0.196. The number of nitrogens with zero attached hydrogens (tertiary/aromatic N) is 3. The van der Waals surface area contributed by atoms with E-state index in [-0.39, 0.29) is 6.03 Å². The molecule has 0 unspecified atom stereocenters. The Bertz CT molecular complexity index is 432. The molecule has 0 radical (unpaired) electrons. The zero-order valence-corrected chi connectivity index (χ0v) is 10.7. The van der Waals surface area contributed by atoms with Crippen molar-refractivity contribution in [3.05, 3.63) is 18.5 Å². The summed E-state index contributed by atoms with van der Waals surface area (Å²) in [4.78, 5) is 24.4. The van der Waals surface area contributed by atoms with E-state index in [9.17, 15) is 9.59 Å². The number of aromatic nitrogens is 2. The lowest BCUT2D eigenvalue weighted by molar-refractivity contribution is -0.143. The first-order chi connectivity index (χ1) is 9.16. The van der Waals surface area contributed by atoms with Crippen molar-refractivity contribution in [1.29, 1.82) is 0 Å². The van der Waals surface area contributed by atoms with E-state index < -0.39 is 11.9 Å². The van der Waals surface area contributed by atoms with Gasteiger partial charge in [-0.3, -0.25) is 9.48 Å². The van der Waals surface area contributed by atoms with E-state index in [1.54, 1.807) is 15.8 Å². The van der Waals surface area contributed by atoms with Crippen LogP contribution in [0.15, 0.2) is 18.5 Å². The summed E-state index contributed by atoms with van der Waals surface area (Å²) >= 11 is 0. The molecule has 0 saturated carbocycles. The summed E-state index contributed by atoms with van der Waals surface area (Å²) in [5.74, 6) is -1.26. The quantitative estimate of drug-likeness (QED) is 0.825. The predicted molar refractivity (Wildman–Crippen MR) is 67.6 cm³/mol. The summed E-state index contributed by atoms with van der Waals surface area (Å²) in [5, 5.41) is 15.8. The smallest absolute Gasteiger partial charge is 0.317 e. The number of carbonyl (C=O) groups excluding carboxylic acids is 1. The van der Waals surface area contributed by atoms with Crippen molar-refractivity contribution in [2.75, 3.05) is 19.6 Å². The average molecular weight is 266 g/mol. The molecule has 104 valence electrons. The zero-order chi connectivity index (χ0) is 13.7. The maximum absolute atomic E-state index is 11.9. The van der Waals surface area contributed by atoms with Gasteiger partial charge in [0.05, 0.1) is 12.5 Å². The number of hydrogen-bond donors (Lipinski definition) is 2. The van der Waals surface area contributed by atoms with Gasteiger partial charge in [-0.2, -0.15) is 5.10 Å². The highest BCUT2D eigenvalue weighted by Crippen LogP contribution is 2.16. The molecule has 1 aliphatic rings. The van der Waals surface area contributed by atoms with Crippen molar-refractivity contribution in [2.45, 2.75) is 19.4 Å². The van der Waals surface area contributed by atoms with E-state index in [2.05, 4.69) is 10.4 Å². The topological polar surface area (TPSA) is 87.5 Å². The number of piperidine rings is 1. The Kier molecular flexibility index (Phi) is 4.38. The highest BCUT2D eigenvalue weighted by Gasteiger charge is 2.27. The molecule has 0 bridgehead atoms. The molecule has 2 N–H and O–H groups in total. The molecule has 1 aromatic rings. The van der Waals surface area contributed by atoms with Crippen LogP contribution in [0.1, 0.15) is 12.8 Å². The van der Waals surface area contributed by atoms with Crippen molar-refractivity contribution in [1.82, 2.24) is 20.0 Å². The van der Waals surface area contributed by atoms with Crippen molar-refractivity contribution in [2.24, 2.45) is 5.92 Å². The van der Waals surface area contributed by atoms with Crippen molar-refractivity contribution < 1.29 is 14.7 Å². The zero-order valence-electron chi connectivity index (χ0n) is 10.7. The molecular weight excluding hydrogens is 248 g/mol. The fourth-order valence-electron chi connectivity index (χ4n) is 2.19. The fourth-order valence-corrected chi connectivity index (χ4v) is 2.19. The molecule has 19 heavy (non-hydrogen) atoms. The monoisotopic (exact) mass is 266 g/mol. The van der Waals surface area contributed by atoms with Gasteiger partial charge in [-0.05, 0) is 18.9 Å². The van der Waals surface area contributed by atoms with Gasteiger partial charge in [0, 0.05) is 32.0 Å². The molecular formula is C12H18N4O3. The molecule has 2 rings (SSSR count). The van der Waals surface area contributed by atoms with Gasteiger partial charge in [-0.1, -0.05) is 0 Å². The van der Waals surface area contributed by atoms with Crippen LogP contribution in [-0.4, -0.2) is 51.4 Å². The van der Waals surface area contributed by atoms with Gasteiger partial charge in [-0.15, -0.1) is 0 Å². The van der Waals surface area contributed by atoms with Crippen LogP contribution in [0.4, 0.5) is 4.79 Å². The second kappa shape index (κ2) is 6.21. The van der Waals surface area contributed by atoms with E-state index in [1.807, 2.05) is 12.3 Å². The lowest BCUT2D eigenvalue weighted by Gasteiger charge is -2.30. The second-order valence-corrected chi connectivity index (χ2v) is 4.62. The number of carboxylic acid groups (broad SMARTS) is 1. The number of carboxylic acids is 1. The Morgan fingerprint density at radius 1 is 1.47 bits per heavy atom. The Hall–Kier alpha value is -2.05. The molecule has 2 amide bonds. The molecule has 7 nitrogen and oxygen atoms in total. The maximum atomic E-state index is 11.9. The third-order valence-corrected chi connectivity index (χ3v) is 3.23. The standard InChI is InChI=1S/C12H18N4O3/c17-11(18)10-3-1-6-15(9-10)12(19)13-5-8-16-7-2-4-14-16/h2,4,7,10H,1,3,5-6,8-9H2,(H,13,19)(H,17,18)/t10-/m0/s1. The van der Waals surface area contributed by atoms with Crippen LogP contribution in [-0.2, 0) is 11.3 Å². The first kappa shape index (κ1) is 13.4. The van der Waals surface area contributed by atoms with Gasteiger partial charge < -0.3 is 15.3 Å². The minimum Gasteiger partial charge on any atom is -0.481 e. The molecule has 1 aromatic heterocycles. The van der Waals surface area contributed by atoms with Crippen molar-refractivity contribution in [3.63, 3.8) is 0 Å². The van der Waals surface area contributed by atoms with E-state index >= 15 is 0 Å². The molecule has 1 aliphatic heterocycles. The maximum Gasteiger partial charge on any atom is 0.317 e. The Morgan fingerprint density at radius 3 is 3.00 bits per heavy atom. The summed E-state index contributed by atoms with van der Waals surface area (Å²) in [7, 11) is 0. The highest BCUT2D eigenvalue weighted by molar-refractivity contribution is 5.76. The SMILES string of the molecule is O=C(O)[C@H]1CCCN(C(=O)NCCn2cccn2)C1. The average Bonchev–Trinajstić information content (AvgIpc) is 2.92. The number of amides is 2. The number of rotatable bonds is 4. The Labute approximate surface area is 111 Å². The van der Waals surface area contributed by atoms with Crippen LogP contribution in [0.5, 0.6) is 0 Å². The summed E-state index contributed by atoms with van der Waals surface area (Å²) in [6, 6.07) is 1.63. The number of nitrogens with one attached hydrogen (secondary N) is 1. The van der Waals surface area contributed by atoms with Gasteiger partial charge in [-0.25, -0.2) is 4.79 Å². The van der Waals surface area contributed by atoms with Crippen LogP contribution >= 0.6 is 0 Å². The molecule has 7 heteroatoms. The van der Waals surface area contributed by atoms with Crippen LogP contribution in [0.3, 0.4) is 0 Å². The third-order valence-electron chi connectivity index (χ3n) is 3.23. The normalized spacial score (nSPS) is 19.2. The second-order valence-electron chi connectivity index (χ2n) is 4.62. The molecule has 1 fully saturated rings. The number of urea groups is 1.